The van der Waals surface area contributed by atoms with Crippen molar-refractivity contribution in [3.8, 4) is 5.75 Å². The highest BCUT2D eigenvalue weighted by Gasteiger charge is 2.32. The van der Waals surface area contributed by atoms with Crippen LogP contribution >= 0.6 is 0 Å². The summed E-state index contributed by atoms with van der Waals surface area (Å²) in [5.74, 6) is 1.00. The number of rotatable bonds is 2. The highest BCUT2D eigenvalue weighted by Crippen LogP contribution is 2.40. The van der Waals surface area contributed by atoms with Gasteiger partial charge in [0.25, 0.3) is 0 Å². The molecule has 0 bridgehead atoms. The minimum atomic E-state index is -0.151. The van der Waals surface area contributed by atoms with Gasteiger partial charge < -0.3 is 4.74 Å². The van der Waals surface area contributed by atoms with Gasteiger partial charge in [0.2, 0.25) is 0 Å². The van der Waals surface area contributed by atoms with Crippen molar-refractivity contribution in [1.29, 1.82) is 0 Å². The van der Waals surface area contributed by atoms with Gasteiger partial charge in [-0.15, -0.1) is 0 Å². The van der Waals surface area contributed by atoms with E-state index < -0.39 is 0 Å². The van der Waals surface area contributed by atoms with Crippen LogP contribution in [0.25, 0.3) is 6.08 Å². The van der Waals surface area contributed by atoms with Gasteiger partial charge in [-0.05, 0) is 63.5 Å². The molecule has 0 radical (unpaired) electrons. The summed E-state index contributed by atoms with van der Waals surface area (Å²) in [6.45, 7) is 9.93. The molecule has 2 nitrogen and oxygen atoms in total. The van der Waals surface area contributed by atoms with Crippen molar-refractivity contribution in [2.24, 2.45) is 0 Å². The Morgan fingerprint density at radius 2 is 2.06 bits per heavy atom. The SMILES string of the molecule is CC(=O)C=Cc1c(C)c(C)cc2c1OC(C)(C)C2. The molecule has 0 saturated heterocycles. The van der Waals surface area contributed by atoms with Gasteiger partial charge in [0.15, 0.2) is 5.78 Å². The lowest BCUT2D eigenvalue weighted by Crippen LogP contribution is -2.24. The second-order valence-corrected chi connectivity index (χ2v) is 5.70. The highest BCUT2D eigenvalue weighted by molar-refractivity contribution is 5.92. The average molecular weight is 244 g/mol. The largest absolute Gasteiger partial charge is 0.487 e. The summed E-state index contributed by atoms with van der Waals surface area (Å²) in [7, 11) is 0. The summed E-state index contributed by atoms with van der Waals surface area (Å²) in [6, 6.07) is 2.20. The summed E-state index contributed by atoms with van der Waals surface area (Å²) >= 11 is 0. The number of allylic oxidation sites excluding steroid dienone is 1. The minimum absolute atomic E-state index is 0.0573. The molecule has 0 spiro atoms. The lowest BCUT2D eigenvalue weighted by Gasteiger charge is -2.18. The summed E-state index contributed by atoms with van der Waals surface area (Å²) in [6.07, 6.45) is 4.41. The van der Waals surface area contributed by atoms with Crippen LogP contribution in [0.15, 0.2) is 12.1 Å². The summed E-state index contributed by atoms with van der Waals surface area (Å²) in [4.78, 5) is 11.1. The van der Waals surface area contributed by atoms with E-state index in [1.807, 2.05) is 6.08 Å². The second kappa shape index (κ2) is 4.27. The number of hydrogen-bond acceptors (Lipinski definition) is 2. The van der Waals surface area contributed by atoms with Gasteiger partial charge in [0.05, 0.1) is 0 Å². The summed E-state index contributed by atoms with van der Waals surface area (Å²) in [5.41, 5.74) is 4.57. The number of ketones is 1. The number of aryl methyl sites for hydroxylation is 1. The topological polar surface area (TPSA) is 26.3 Å². The van der Waals surface area contributed by atoms with Gasteiger partial charge in [0.1, 0.15) is 11.4 Å². The predicted octanol–water partition coefficient (Wildman–Crippen LogP) is 3.62. The zero-order valence-electron chi connectivity index (χ0n) is 11.8. The number of hydrogen-bond donors (Lipinski definition) is 0. The maximum absolute atomic E-state index is 11.1. The van der Waals surface area contributed by atoms with Crippen molar-refractivity contribution in [3.63, 3.8) is 0 Å². The first-order chi connectivity index (χ1) is 8.30. The zero-order valence-corrected chi connectivity index (χ0v) is 11.8. The Bertz CT molecular complexity index is 537. The Hall–Kier alpha value is -1.57. The van der Waals surface area contributed by atoms with E-state index in [2.05, 4.69) is 33.8 Å². The molecular formula is C16H20O2. The Morgan fingerprint density at radius 3 is 2.67 bits per heavy atom. The molecule has 96 valence electrons. The number of fused-ring (bicyclic) bond motifs is 1. The van der Waals surface area contributed by atoms with Crippen molar-refractivity contribution < 1.29 is 9.53 Å². The summed E-state index contributed by atoms with van der Waals surface area (Å²) in [5, 5.41) is 0. The molecule has 2 rings (SSSR count). The van der Waals surface area contributed by atoms with E-state index in [1.165, 1.54) is 16.7 Å². The van der Waals surface area contributed by atoms with Gasteiger partial charge >= 0.3 is 0 Å². The summed E-state index contributed by atoms with van der Waals surface area (Å²) < 4.78 is 6.03. The molecule has 0 aromatic heterocycles. The monoisotopic (exact) mass is 244 g/mol. The van der Waals surface area contributed by atoms with Crippen molar-refractivity contribution in [2.75, 3.05) is 0 Å². The van der Waals surface area contributed by atoms with Crippen molar-refractivity contribution in [2.45, 2.75) is 46.6 Å². The molecule has 0 amide bonds. The van der Waals surface area contributed by atoms with Crippen LogP contribution in [-0.2, 0) is 11.2 Å². The lowest BCUT2D eigenvalue weighted by atomic mass is 9.94. The maximum atomic E-state index is 11.1. The normalized spacial score (nSPS) is 16.7. The van der Waals surface area contributed by atoms with E-state index in [-0.39, 0.29) is 11.4 Å². The number of carbonyl (C=O) groups is 1. The fourth-order valence-corrected chi connectivity index (χ4v) is 2.42. The third-order valence-corrected chi connectivity index (χ3v) is 3.40. The van der Waals surface area contributed by atoms with E-state index in [0.717, 1.165) is 17.7 Å². The predicted molar refractivity (Wildman–Crippen MR) is 74.0 cm³/mol. The Morgan fingerprint density at radius 1 is 1.39 bits per heavy atom. The van der Waals surface area contributed by atoms with Gasteiger partial charge in [-0.1, -0.05) is 6.07 Å². The van der Waals surface area contributed by atoms with Crippen LogP contribution in [0.3, 0.4) is 0 Å². The van der Waals surface area contributed by atoms with Gasteiger partial charge in [0, 0.05) is 12.0 Å². The molecule has 0 aliphatic carbocycles. The molecule has 0 unspecified atom stereocenters. The molecule has 1 aliphatic heterocycles. The van der Waals surface area contributed by atoms with E-state index in [0.29, 0.717) is 0 Å². The number of ether oxygens (including phenoxy) is 1. The smallest absolute Gasteiger partial charge is 0.152 e. The van der Waals surface area contributed by atoms with Crippen molar-refractivity contribution in [1.82, 2.24) is 0 Å². The Kier molecular flexibility index (Phi) is 3.05. The van der Waals surface area contributed by atoms with E-state index in [1.54, 1.807) is 13.0 Å². The molecule has 1 heterocycles. The first kappa shape index (κ1) is 12.9. The Balaban J connectivity index is 2.56. The first-order valence-electron chi connectivity index (χ1n) is 6.31. The second-order valence-electron chi connectivity index (χ2n) is 5.70. The molecule has 0 N–H and O–H groups in total. The average Bonchev–Trinajstić information content (AvgIpc) is 2.52. The molecule has 1 aliphatic rings. The van der Waals surface area contributed by atoms with E-state index in [4.69, 9.17) is 4.74 Å². The molecule has 0 fully saturated rings. The molecule has 18 heavy (non-hydrogen) atoms. The minimum Gasteiger partial charge on any atom is -0.487 e. The number of carbonyl (C=O) groups excluding carboxylic acids is 1. The Labute approximate surface area is 109 Å². The third-order valence-electron chi connectivity index (χ3n) is 3.40. The van der Waals surface area contributed by atoms with Gasteiger partial charge in [-0.2, -0.15) is 0 Å². The van der Waals surface area contributed by atoms with Crippen LogP contribution in [0.4, 0.5) is 0 Å². The zero-order chi connectivity index (χ0) is 13.5. The van der Waals surface area contributed by atoms with Gasteiger partial charge in [-0.3, -0.25) is 4.79 Å². The molecule has 2 heteroatoms. The van der Waals surface area contributed by atoms with Crippen LogP contribution in [0.5, 0.6) is 5.75 Å². The molecule has 1 aromatic rings. The maximum Gasteiger partial charge on any atom is 0.152 e. The molecule has 0 saturated carbocycles. The van der Waals surface area contributed by atoms with Crippen molar-refractivity contribution >= 4 is 11.9 Å². The van der Waals surface area contributed by atoms with Crippen LogP contribution < -0.4 is 4.74 Å². The molecule has 0 atom stereocenters. The third kappa shape index (κ3) is 2.33. The van der Waals surface area contributed by atoms with Crippen LogP contribution in [0.1, 0.15) is 43.0 Å². The van der Waals surface area contributed by atoms with Crippen LogP contribution in [-0.4, -0.2) is 11.4 Å². The first-order valence-corrected chi connectivity index (χ1v) is 6.31. The van der Waals surface area contributed by atoms with Crippen LogP contribution in [0.2, 0.25) is 0 Å². The van der Waals surface area contributed by atoms with E-state index in [9.17, 15) is 4.79 Å². The fraction of sp³-hybridized carbons (Fsp3) is 0.438. The quantitative estimate of drug-likeness (QED) is 0.743. The molecular weight excluding hydrogens is 224 g/mol. The fourth-order valence-electron chi connectivity index (χ4n) is 2.42. The molecule has 1 aromatic carbocycles. The highest BCUT2D eigenvalue weighted by atomic mass is 16.5. The van der Waals surface area contributed by atoms with Crippen LogP contribution in [0, 0.1) is 13.8 Å². The number of benzene rings is 1. The van der Waals surface area contributed by atoms with Crippen molar-refractivity contribution in [3.05, 3.63) is 34.4 Å². The van der Waals surface area contributed by atoms with E-state index >= 15 is 0 Å². The lowest BCUT2D eigenvalue weighted by molar-refractivity contribution is -0.112. The standard InChI is InChI=1S/C16H20O2/c1-10-8-13-9-16(4,5)18-15(13)14(12(10)3)7-6-11(2)17/h6-8H,9H2,1-5H3. The van der Waals surface area contributed by atoms with Gasteiger partial charge in [-0.25, -0.2) is 0 Å².